The quantitative estimate of drug-likeness (QED) is 0.879. The first-order valence-corrected chi connectivity index (χ1v) is 7.47. The number of likely N-dealkylation sites (N-methyl/N-ethyl adjacent to an activating group) is 1. The van der Waals surface area contributed by atoms with E-state index in [-0.39, 0.29) is 30.1 Å². The van der Waals surface area contributed by atoms with Crippen molar-refractivity contribution in [1.82, 2.24) is 20.4 Å². The highest BCUT2D eigenvalue weighted by Gasteiger charge is 2.28. The number of carbonyl (C=O) groups is 1. The maximum atomic E-state index is 13.8. The predicted octanol–water partition coefficient (Wildman–Crippen LogP) is 1.88. The Labute approximate surface area is 145 Å². The number of rotatable bonds is 4. The standard InChI is InChI=1S/C16H19FN4O2.ClH/c1-18-14(10-8-19-21(2)9-10)16(22)20-13-6-7-23-15-11(13)4-3-5-12(15)17;/h3-5,8-9,13-14,18H,6-7H2,1-2H3,(H,20,22);1H/t13-,14?;/m1./s1. The topological polar surface area (TPSA) is 68.2 Å². The molecule has 2 atom stereocenters. The molecule has 1 aromatic carbocycles. The van der Waals surface area contributed by atoms with E-state index in [1.54, 1.807) is 43.3 Å². The molecule has 1 unspecified atom stereocenters. The van der Waals surface area contributed by atoms with E-state index in [9.17, 15) is 9.18 Å². The number of carbonyl (C=O) groups excluding carboxylic acids is 1. The SMILES string of the molecule is CNC(C(=O)N[C@@H]1CCOc2c(F)cccc21)c1cnn(C)c1.Cl. The number of hydrogen-bond donors (Lipinski definition) is 2. The zero-order chi connectivity index (χ0) is 16.4. The molecular formula is C16H20ClFN4O2. The Hall–Kier alpha value is -2.12. The average Bonchev–Trinajstić information content (AvgIpc) is 2.95. The van der Waals surface area contributed by atoms with Crippen LogP contribution in [0.15, 0.2) is 30.6 Å². The van der Waals surface area contributed by atoms with Crippen molar-refractivity contribution in [2.45, 2.75) is 18.5 Å². The van der Waals surface area contributed by atoms with E-state index >= 15 is 0 Å². The van der Waals surface area contributed by atoms with Gasteiger partial charge in [-0.3, -0.25) is 9.48 Å². The Kier molecular flexibility index (Phi) is 5.80. The van der Waals surface area contributed by atoms with E-state index in [1.807, 2.05) is 0 Å². The Morgan fingerprint density at radius 1 is 1.50 bits per heavy atom. The first-order valence-electron chi connectivity index (χ1n) is 7.47. The van der Waals surface area contributed by atoms with Gasteiger partial charge in [0.15, 0.2) is 11.6 Å². The van der Waals surface area contributed by atoms with Gasteiger partial charge in [-0.15, -0.1) is 12.4 Å². The van der Waals surface area contributed by atoms with Crippen molar-refractivity contribution in [2.75, 3.05) is 13.7 Å². The number of hydrogen-bond acceptors (Lipinski definition) is 4. The van der Waals surface area contributed by atoms with Crippen molar-refractivity contribution in [1.29, 1.82) is 0 Å². The summed E-state index contributed by atoms with van der Waals surface area (Å²) in [6.07, 6.45) is 4.04. The Balaban J connectivity index is 0.00000208. The minimum atomic E-state index is -0.511. The summed E-state index contributed by atoms with van der Waals surface area (Å²) in [5.41, 5.74) is 1.45. The molecule has 24 heavy (non-hydrogen) atoms. The van der Waals surface area contributed by atoms with E-state index in [2.05, 4.69) is 15.7 Å². The summed E-state index contributed by atoms with van der Waals surface area (Å²) in [6, 6.07) is 3.98. The zero-order valence-corrected chi connectivity index (χ0v) is 14.3. The lowest BCUT2D eigenvalue weighted by molar-refractivity contribution is -0.124. The van der Waals surface area contributed by atoms with E-state index in [4.69, 9.17) is 4.74 Å². The van der Waals surface area contributed by atoms with Crippen LogP contribution < -0.4 is 15.4 Å². The smallest absolute Gasteiger partial charge is 0.242 e. The zero-order valence-electron chi connectivity index (χ0n) is 13.5. The van der Waals surface area contributed by atoms with Crippen LogP contribution in [0.3, 0.4) is 0 Å². The highest BCUT2D eigenvalue weighted by molar-refractivity contribution is 5.85. The lowest BCUT2D eigenvalue weighted by atomic mass is 9.99. The molecule has 6 nitrogen and oxygen atoms in total. The molecule has 0 bridgehead atoms. The molecule has 0 saturated carbocycles. The number of ether oxygens (including phenoxy) is 1. The van der Waals surface area contributed by atoms with Crippen LogP contribution >= 0.6 is 12.4 Å². The minimum Gasteiger partial charge on any atom is -0.490 e. The van der Waals surface area contributed by atoms with Crippen molar-refractivity contribution < 1.29 is 13.9 Å². The van der Waals surface area contributed by atoms with E-state index < -0.39 is 11.9 Å². The molecule has 0 fully saturated rings. The summed E-state index contributed by atoms with van der Waals surface area (Å²) in [5, 5.41) is 10.1. The summed E-state index contributed by atoms with van der Waals surface area (Å²) in [6.45, 7) is 0.371. The highest BCUT2D eigenvalue weighted by Crippen LogP contribution is 2.34. The minimum absolute atomic E-state index is 0. The predicted molar refractivity (Wildman–Crippen MR) is 89.7 cm³/mol. The van der Waals surface area contributed by atoms with Crippen molar-refractivity contribution in [2.24, 2.45) is 7.05 Å². The van der Waals surface area contributed by atoms with Crippen LogP contribution in [0, 0.1) is 5.82 Å². The van der Waals surface area contributed by atoms with Gasteiger partial charge in [-0.1, -0.05) is 12.1 Å². The molecule has 1 aromatic heterocycles. The van der Waals surface area contributed by atoms with Gasteiger partial charge in [-0.25, -0.2) is 4.39 Å². The number of fused-ring (bicyclic) bond motifs is 1. The largest absolute Gasteiger partial charge is 0.490 e. The normalized spacial score (nSPS) is 17.2. The van der Waals surface area contributed by atoms with Crippen molar-refractivity contribution >= 4 is 18.3 Å². The van der Waals surface area contributed by atoms with E-state index in [0.717, 1.165) is 5.56 Å². The van der Waals surface area contributed by atoms with Gasteiger partial charge in [0.1, 0.15) is 6.04 Å². The fraction of sp³-hybridized carbons (Fsp3) is 0.375. The number of halogens is 2. The van der Waals surface area contributed by atoms with Crippen molar-refractivity contribution in [3.63, 3.8) is 0 Å². The van der Waals surface area contributed by atoms with Crippen molar-refractivity contribution in [3.05, 3.63) is 47.5 Å². The Bertz CT molecular complexity index is 722. The first kappa shape index (κ1) is 18.2. The van der Waals surface area contributed by atoms with Gasteiger partial charge in [-0.05, 0) is 13.1 Å². The number of benzene rings is 1. The molecule has 0 saturated heterocycles. The molecular weight excluding hydrogens is 335 g/mol. The number of aromatic nitrogens is 2. The molecule has 0 aliphatic carbocycles. The summed E-state index contributed by atoms with van der Waals surface area (Å²) >= 11 is 0. The molecule has 2 heterocycles. The maximum absolute atomic E-state index is 13.8. The van der Waals surface area contributed by atoms with Crippen LogP contribution in [0.1, 0.15) is 29.6 Å². The van der Waals surface area contributed by atoms with Gasteiger partial charge >= 0.3 is 0 Å². The lowest BCUT2D eigenvalue weighted by Gasteiger charge is -2.28. The molecule has 1 amide bonds. The van der Waals surface area contributed by atoms with Crippen LogP contribution in [-0.4, -0.2) is 29.3 Å². The Morgan fingerprint density at radius 3 is 2.96 bits per heavy atom. The molecule has 1 aliphatic rings. The molecule has 0 radical (unpaired) electrons. The fourth-order valence-electron chi connectivity index (χ4n) is 2.83. The number of para-hydroxylation sites is 1. The summed E-state index contributed by atoms with van der Waals surface area (Å²) in [7, 11) is 3.51. The second kappa shape index (κ2) is 7.63. The van der Waals surface area contributed by atoms with Crippen LogP contribution in [0.25, 0.3) is 0 Å². The second-order valence-electron chi connectivity index (χ2n) is 5.53. The summed E-state index contributed by atoms with van der Waals surface area (Å²) < 4.78 is 20.8. The molecule has 2 N–H and O–H groups in total. The van der Waals surface area contributed by atoms with Gasteiger partial charge in [-0.2, -0.15) is 5.10 Å². The van der Waals surface area contributed by atoms with Crippen LogP contribution in [-0.2, 0) is 11.8 Å². The molecule has 3 rings (SSSR count). The van der Waals surface area contributed by atoms with Gasteiger partial charge in [0, 0.05) is 30.8 Å². The van der Waals surface area contributed by atoms with Gasteiger partial charge in [0.25, 0.3) is 0 Å². The third-order valence-electron chi connectivity index (χ3n) is 3.95. The molecule has 0 spiro atoms. The molecule has 8 heteroatoms. The number of amides is 1. The molecule has 2 aromatic rings. The van der Waals surface area contributed by atoms with E-state index in [0.29, 0.717) is 18.6 Å². The average molecular weight is 355 g/mol. The fourth-order valence-corrected chi connectivity index (χ4v) is 2.83. The summed E-state index contributed by atoms with van der Waals surface area (Å²) in [4.78, 5) is 12.6. The molecule has 1 aliphatic heterocycles. The van der Waals surface area contributed by atoms with E-state index in [1.165, 1.54) is 6.07 Å². The Morgan fingerprint density at radius 2 is 2.29 bits per heavy atom. The third kappa shape index (κ3) is 3.52. The van der Waals surface area contributed by atoms with Gasteiger partial charge < -0.3 is 15.4 Å². The molecule has 130 valence electrons. The summed E-state index contributed by atoms with van der Waals surface area (Å²) in [5.74, 6) is -0.354. The monoisotopic (exact) mass is 354 g/mol. The lowest BCUT2D eigenvalue weighted by Crippen LogP contribution is -2.39. The van der Waals surface area contributed by atoms with Crippen LogP contribution in [0.5, 0.6) is 5.75 Å². The third-order valence-corrected chi connectivity index (χ3v) is 3.95. The number of nitrogens with one attached hydrogen (secondary N) is 2. The van der Waals surface area contributed by atoms with Gasteiger partial charge in [0.2, 0.25) is 5.91 Å². The number of nitrogens with zero attached hydrogens (tertiary/aromatic N) is 2. The van der Waals surface area contributed by atoms with Crippen LogP contribution in [0.2, 0.25) is 0 Å². The second-order valence-corrected chi connectivity index (χ2v) is 5.53. The number of aryl methyl sites for hydroxylation is 1. The highest BCUT2D eigenvalue weighted by atomic mass is 35.5. The maximum Gasteiger partial charge on any atom is 0.242 e. The van der Waals surface area contributed by atoms with Gasteiger partial charge in [0.05, 0.1) is 18.8 Å². The van der Waals surface area contributed by atoms with Crippen LogP contribution in [0.4, 0.5) is 4.39 Å². The van der Waals surface area contributed by atoms with Crippen molar-refractivity contribution in [3.8, 4) is 5.75 Å². The first-order chi connectivity index (χ1) is 11.1.